The highest BCUT2D eigenvalue weighted by molar-refractivity contribution is 7.89. The first-order valence-corrected chi connectivity index (χ1v) is 11.1. The number of anilines is 1. The normalized spacial score (nSPS) is 15.4. The SMILES string of the molecule is CN(C)S(=O)(=O)c1ccc(OCCN2CCN(c3cccc([N+](=O)[O-])c3)CC2)cc1. The van der Waals surface area contributed by atoms with Gasteiger partial charge in [0, 0.05) is 64.6 Å². The minimum absolute atomic E-state index is 0.104. The van der Waals surface area contributed by atoms with Crippen LogP contribution in [0.3, 0.4) is 0 Å². The van der Waals surface area contributed by atoms with Crippen molar-refractivity contribution in [3.05, 3.63) is 58.6 Å². The fraction of sp³-hybridized carbons (Fsp3) is 0.400. The van der Waals surface area contributed by atoms with Gasteiger partial charge in [-0.1, -0.05) is 6.07 Å². The predicted octanol–water partition coefficient (Wildman–Crippen LogP) is 2.05. The lowest BCUT2D eigenvalue weighted by atomic mass is 10.2. The van der Waals surface area contributed by atoms with Crippen LogP contribution in [0, 0.1) is 10.1 Å². The highest BCUT2D eigenvalue weighted by Gasteiger charge is 2.19. The molecule has 0 N–H and O–H groups in total. The maximum Gasteiger partial charge on any atom is 0.271 e. The second kappa shape index (κ2) is 9.41. The van der Waals surface area contributed by atoms with Gasteiger partial charge >= 0.3 is 0 Å². The van der Waals surface area contributed by atoms with Crippen LogP contribution < -0.4 is 9.64 Å². The van der Waals surface area contributed by atoms with Gasteiger partial charge in [0.05, 0.1) is 9.82 Å². The Bertz CT molecular complexity index is 971. The summed E-state index contributed by atoms with van der Waals surface area (Å²) < 4.78 is 31.1. The number of sulfonamides is 1. The van der Waals surface area contributed by atoms with E-state index < -0.39 is 10.0 Å². The number of non-ortho nitro benzene ring substituents is 1. The Morgan fingerprint density at radius 1 is 1.07 bits per heavy atom. The molecule has 0 spiro atoms. The van der Waals surface area contributed by atoms with Crippen LogP contribution in [-0.2, 0) is 10.0 Å². The van der Waals surface area contributed by atoms with Crippen molar-refractivity contribution in [1.82, 2.24) is 9.21 Å². The van der Waals surface area contributed by atoms with Gasteiger partial charge in [-0.3, -0.25) is 15.0 Å². The number of hydrogen-bond acceptors (Lipinski definition) is 7. The molecule has 0 bridgehead atoms. The molecule has 1 saturated heterocycles. The lowest BCUT2D eigenvalue weighted by Crippen LogP contribution is -2.47. The van der Waals surface area contributed by atoms with E-state index >= 15 is 0 Å². The molecule has 1 fully saturated rings. The molecule has 2 aromatic carbocycles. The van der Waals surface area contributed by atoms with Gasteiger partial charge in [0.1, 0.15) is 12.4 Å². The molecule has 0 aromatic heterocycles. The first-order chi connectivity index (χ1) is 14.3. The molecule has 0 atom stereocenters. The summed E-state index contributed by atoms with van der Waals surface area (Å²) in [6.07, 6.45) is 0. The summed E-state index contributed by atoms with van der Waals surface area (Å²) in [5, 5.41) is 11.0. The number of piperazine rings is 1. The largest absolute Gasteiger partial charge is 0.492 e. The smallest absolute Gasteiger partial charge is 0.271 e. The maximum atomic E-state index is 12.1. The number of nitro groups is 1. The van der Waals surface area contributed by atoms with E-state index in [0.29, 0.717) is 12.4 Å². The molecule has 10 heteroatoms. The molecule has 0 amide bonds. The van der Waals surface area contributed by atoms with Gasteiger partial charge in [-0.15, -0.1) is 0 Å². The van der Waals surface area contributed by atoms with E-state index in [1.807, 2.05) is 6.07 Å². The zero-order valence-electron chi connectivity index (χ0n) is 17.1. The summed E-state index contributed by atoms with van der Waals surface area (Å²) in [5.74, 6) is 0.628. The molecule has 162 valence electrons. The van der Waals surface area contributed by atoms with E-state index in [9.17, 15) is 18.5 Å². The Hall–Kier alpha value is -2.69. The molecule has 0 radical (unpaired) electrons. The molecule has 30 heavy (non-hydrogen) atoms. The van der Waals surface area contributed by atoms with Crippen LogP contribution in [0.4, 0.5) is 11.4 Å². The minimum Gasteiger partial charge on any atom is -0.492 e. The number of nitro benzene ring substituents is 1. The van der Waals surface area contributed by atoms with Crippen molar-refractivity contribution in [3.63, 3.8) is 0 Å². The first-order valence-electron chi connectivity index (χ1n) is 9.64. The quantitative estimate of drug-likeness (QED) is 0.463. The van der Waals surface area contributed by atoms with Crippen LogP contribution in [-0.4, -0.2) is 76.0 Å². The van der Waals surface area contributed by atoms with Crippen molar-refractivity contribution in [2.45, 2.75) is 4.90 Å². The minimum atomic E-state index is -3.44. The Labute approximate surface area is 176 Å². The number of rotatable bonds is 8. The van der Waals surface area contributed by atoms with Gasteiger partial charge in [-0.25, -0.2) is 12.7 Å². The molecular formula is C20H26N4O5S. The van der Waals surface area contributed by atoms with Gasteiger partial charge in [-0.05, 0) is 30.3 Å². The van der Waals surface area contributed by atoms with Crippen molar-refractivity contribution in [2.24, 2.45) is 0 Å². The molecule has 0 saturated carbocycles. The molecule has 1 heterocycles. The molecule has 0 aliphatic carbocycles. The zero-order chi connectivity index (χ0) is 21.7. The second-order valence-electron chi connectivity index (χ2n) is 7.21. The maximum absolute atomic E-state index is 12.1. The van der Waals surface area contributed by atoms with Crippen molar-refractivity contribution in [3.8, 4) is 5.75 Å². The lowest BCUT2D eigenvalue weighted by molar-refractivity contribution is -0.384. The van der Waals surface area contributed by atoms with Crippen molar-refractivity contribution in [2.75, 3.05) is 58.3 Å². The molecular weight excluding hydrogens is 408 g/mol. The highest BCUT2D eigenvalue weighted by Crippen LogP contribution is 2.22. The Morgan fingerprint density at radius 3 is 2.33 bits per heavy atom. The molecule has 1 aliphatic rings. The van der Waals surface area contributed by atoms with Gasteiger partial charge in [0.15, 0.2) is 0 Å². The average Bonchev–Trinajstić information content (AvgIpc) is 2.74. The zero-order valence-corrected chi connectivity index (χ0v) is 17.9. The Kier molecular flexibility index (Phi) is 6.91. The van der Waals surface area contributed by atoms with Gasteiger partial charge in [-0.2, -0.15) is 0 Å². The number of hydrogen-bond donors (Lipinski definition) is 0. The monoisotopic (exact) mass is 434 g/mol. The molecule has 2 aromatic rings. The molecule has 1 aliphatic heterocycles. The van der Waals surface area contributed by atoms with Crippen LogP contribution in [0.1, 0.15) is 0 Å². The number of ether oxygens (including phenoxy) is 1. The van der Waals surface area contributed by atoms with Crippen LogP contribution in [0.5, 0.6) is 5.75 Å². The van der Waals surface area contributed by atoms with Crippen LogP contribution >= 0.6 is 0 Å². The average molecular weight is 435 g/mol. The fourth-order valence-corrected chi connectivity index (χ4v) is 4.15. The van der Waals surface area contributed by atoms with Crippen LogP contribution in [0.2, 0.25) is 0 Å². The fourth-order valence-electron chi connectivity index (χ4n) is 3.24. The van der Waals surface area contributed by atoms with E-state index in [1.165, 1.54) is 24.5 Å². The number of nitrogens with zero attached hydrogens (tertiary/aromatic N) is 4. The van der Waals surface area contributed by atoms with E-state index in [-0.39, 0.29) is 15.5 Å². The Morgan fingerprint density at radius 2 is 1.73 bits per heavy atom. The molecule has 9 nitrogen and oxygen atoms in total. The van der Waals surface area contributed by atoms with E-state index in [2.05, 4.69) is 9.80 Å². The van der Waals surface area contributed by atoms with Crippen LogP contribution in [0.15, 0.2) is 53.4 Å². The first kappa shape index (κ1) is 22.0. The third kappa shape index (κ3) is 5.26. The Balaban J connectivity index is 1.45. The van der Waals surface area contributed by atoms with E-state index in [1.54, 1.807) is 36.4 Å². The van der Waals surface area contributed by atoms with Gasteiger partial charge in [0.2, 0.25) is 10.0 Å². The van der Waals surface area contributed by atoms with E-state index in [0.717, 1.165) is 38.4 Å². The predicted molar refractivity (Wildman–Crippen MR) is 115 cm³/mol. The third-order valence-corrected chi connectivity index (χ3v) is 6.89. The van der Waals surface area contributed by atoms with Crippen molar-refractivity contribution >= 4 is 21.4 Å². The van der Waals surface area contributed by atoms with Gasteiger partial charge in [0.25, 0.3) is 5.69 Å². The third-order valence-electron chi connectivity index (χ3n) is 5.06. The molecule has 3 rings (SSSR count). The summed E-state index contributed by atoms with van der Waals surface area (Å²) in [6.45, 7) is 4.51. The molecule has 0 unspecified atom stereocenters. The van der Waals surface area contributed by atoms with Gasteiger partial charge < -0.3 is 9.64 Å². The van der Waals surface area contributed by atoms with Crippen molar-refractivity contribution in [1.29, 1.82) is 0 Å². The summed E-state index contributed by atoms with van der Waals surface area (Å²) in [6, 6.07) is 13.1. The topological polar surface area (TPSA) is 96.2 Å². The highest BCUT2D eigenvalue weighted by atomic mass is 32.2. The summed E-state index contributed by atoms with van der Waals surface area (Å²) in [7, 11) is -0.442. The van der Waals surface area contributed by atoms with E-state index in [4.69, 9.17) is 4.74 Å². The second-order valence-corrected chi connectivity index (χ2v) is 9.36. The standard InChI is InChI=1S/C20H26N4O5S/c1-21(2)30(27,28)20-8-6-19(7-9-20)29-15-14-22-10-12-23(13-11-22)17-4-3-5-18(16-17)24(25)26/h3-9,16H,10-15H2,1-2H3. The summed E-state index contributed by atoms with van der Waals surface area (Å²) in [5.41, 5.74) is 0.973. The number of benzene rings is 2. The summed E-state index contributed by atoms with van der Waals surface area (Å²) >= 11 is 0. The summed E-state index contributed by atoms with van der Waals surface area (Å²) in [4.78, 5) is 15.2. The lowest BCUT2D eigenvalue weighted by Gasteiger charge is -2.35. The van der Waals surface area contributed by atoms with Crippen molar-refractivity contribution < 1.29 is 18.1 Å². The van der Waals surface area contributed by atoms with Crippen LogP contribution in [0.25, 0.3) is 0 Å².